The number of nitrogens with zero attached hydrogens (tertiary/aromatic N) is 2. The van der Waals surface area contributed by atoms with Crippen molar-refractivity contribution in [3.05, 3.63) is 55.5 Å². The highest BCUT2D eigenvalue weighted by Gasteiger charge is 2.25. The zero-order valence-corrected chi connectivity index (χ0v) is 12.7. The van der Waals surface area contributed by atoms with Gasteiger partial charge in [0.25, 0.3) is 5.69 Å². The average Bonchev–Trinajstić information content (AvgIpc) is 2.91. The van der Waals surface area contributed by atoms with Crippen molar-refractivity contribution in [1.82, 2.24) is 10.3 Å². The minimum Gasteiger partial charge on any atom is -0.301 e. The van der Waals surface area contributed by atoms with Crippen LogP contribution in [-0.4, -0.2) is 9.91 Å². The number of nitro benzene ring substituents is 1. The van der Waals surface area contributed by atoms with Crippen LogP contribution < -0.4 is 5.32 Å². The summed E-state index contributed by atoms with van der Waals surface area (Å²) in [6, 6.07) is 4.69. The van der Waals surface area contributed by atoms with E-state index in [1.165, 1.54) is 17.4 Å². The molecule has 0 saturated heterocycles. The molecule has 0 aliphatic rings. The molecular formula is C13H14ClN3O2S. The predicted molar refractivity (Wildman–Crippen MR) is 80.1 cm³/mol. The molecule has 1 aromatic carbocycles. The zero-order chi connectivity index (χ0) is 14.8. The number of halogens is 1. The van der Waals surface area contributed by atoms with Crippen LogP contribution in [0.3, 0.4) is 0 Å². The van der Waals surface area contributed by atoms with E-state index in [2.05, 4.69) is 10.3 Å². The summed E-state index contributed by atoms with van der Waals surface area (Å²) in [5.41, 5.74) is 0.144. The molecule has 1 N–H and O–H groups in total. The van der Waals surface area contributed by atoms with Crippen LogP contribution >= 0.6 is 22.9 Å². The summed E-state index contributed by atoms with van der Waals surface area (Å²) in [6.45, 7) is 4.27. The number of aromatic nitrogens is 1. The van der Waals surface area contributed by atoms with E-state index in [-0.39, 0.29) is 11.2 Å². The molecule has 0 saturated carbocycles. The van der Waals surface area contributed by atoms with Gasteiger partial charge >= 0.3 is 0 Å². The van der Waals surface area contributed by atoms with Crippen molar-refractivity contribution < 1.29 is 4.92 Å². The number of thiazole rings is 1. The van der Waals surface area contributed by atoms with Gasteiger partial charge in [0.15, 0.2) is 0 Å². The van der Waals surface area contributed by atoms with Crippen LogP contribution in [0.15, 0.2) is 29.8 Å². The minimum atomic E-state index is -0.417. The first-order valence-corrected chi connectivity index (χ1v) is 7.24. The van der Waals surface area contributed by atoms with Crippen molar-refractivity contribution in [2.45, 2.75) is 25.9 Å². The first kappa shape index (κ1) is 14.9. The van der Waals surface area contributed by atoms with E-state index in [9.17, 15) is 10.1 Å². The van der Waals surface area contributed by atoms with Gasteiger partial charge in [-0.1, -0.05) is 17.7 Å². The smallest absolute Gasteiger partial charge is 0.275 e. The van der Waals surface area contributed by atoms with Gasteiger partial charge in [-0.3, -0.25) is 10.1 Å². The Morgan fingerprint density at radius 2 is 2.25 bits per heavy atom. The van der Waals surface area contributed by atoms with Crippen molar-refractivity contribution in [3.8, 4) is 0 Å². The van der Waals surface area contributed by atoms with Crippen LogP contribution in [0, 0.1) is 10.1 Å². The number of rotatable bonds is 5. The SMILES string of the molecule is CC(C)(NCc1c(Cl)cccc1[N+](=O)[O-])c1nccs1. The molecule has 2 rings (SSSR count). The molecule has 0 unspecified atom stereocenters. The highest BCUT2D eigenvalue weighted by molar-refractivity contribution is 7.09. The standard InChI is InChI=1S/C13H14ClN3O2S/c1-13(2,12-15-6-7-20-12)16-8-9-10(14)4-3-5-11(9)17(18)19/h3-7,16H,8H2,1-2H3. The van der Waals surface area contributed by atoms with Gasteiger partial charge in [-0.25, -0.2) is 4.98 Å². The molecule has 1 heterocycles. The lowest BCUT2D eigenvalue weighted by atomic mass is 10.1. The molecule has 0 atom stereocenters. The fourth-order valence-electron chi connectivity index (χ4n) is 1.81. The molecule has 7 heteroatoms. The Kier molecular flexibility index (Phi) is 4.37. The van der Waals surface area contributed by atoms with Crippen LogP contribution in [-0.2, 0) is 12.1 Å². The summed E-state index contributed by atoms with van der Waals surface area (Å²) in [5.74, 6) is 0. The molecule has 2 aromatic rings. The van der Waals surface area contributed by atoms with Gasteiger partial charge in [0.1, 0.15) is 5.01 Å². The van der Waals surface area contributed by atoms with Crippen molar-refractivity contribution in [3.63, 3.8) is 0 Å². The first-order valence-electron chi connectivity index (χ1n) is 5.98. The maximum Gasteiger partial charge on any atom is 0.275 e. The van der Waals surface area contributed by atoms with Crippen LogP contribution in [0.25, 0.3) is 0 Å². The van der Waals surface area contributed by atoms with Gasteiger partial charge in [-0.2, -0.15) is 0 Å². The lowest BCUT2D eigenvalue weighted by molar-refractivity contribution is -0.385. The molecule has 106 valence electrons. The van der Waals surface area contributed by atoms with Crippen molar-refractivity contribution in [1.29, 1.82) is 0 Å². The molecule has 0 radical (unpaired) electrons. The third-order valence-electron chi connectivity index (χ3n) is 2.96. The quantitative estimate of drug-likeness (QED) is 0.675. The summed E-state index contributed by atoms with van der Waals surface area (Å²) in [7, 11) is 0. The minimum absolute atomic E-state index is 0.0277. The van der Waals surface area contributed by atoms with E-state index in [4.69, 9.17) is 11.6 Å². The molecule has 0 fully saturated rings. The Bertz CT molecular complexity index is 614. The number of hydrogen-bond donors (Lipinski definition) is 1. The summed E-state index contributed by atoms with van der Waals surface area (Å²) in [6.07, 6.45) is 1.74. The molecule has 0 amide bonds. The topological polar surface area (TPSA) is 68.1 Å². The van der Waals surface area contributed by atoms with Gasteiger partial charge in [-0.05, 0) is 19.9 Å². The van der Waals surface area contributed by atoms with E-state index in [0.717, 1.165) is 5.01 Å². The third-order valence-corrected chi connectivity index (χ3v) is 4.42. The zero-order valence-electron chi connectivity index (χ0n) is 11.1. The fourth-order valence-corrected chi connectivity index (χ4v) is 2.79. The van der Waals surface area contributed by atoms with Crippen LogP contribution in [0.5, 0.6) is 0 Å². The van der Waals surface area contributed by atoms with Crippen LogP contribution in [0.1, 0.15) is 24.4 Å². The number of hydrogen-bond acceptors (Lipinski definition) is 5. The largest absolute Gasteiger partial charge is 0.301 e. The van der Waals surface area contributed by atoms with Crippen molar-refractivity contribution in [2.75, 3.05) is 0 Å². The van der Waals surface area contributed by atoms with E-state index >= 15 is 0 Å². The highest BCUT2D eigenvalue weighted by atomic mass is 35.5. The summed E-state index contributed by atoms with van der Waals surface area (Å²) in [4.78, 5) is 14.9. The monoisotopic (exact) mass is 311 g/mol. The number of nitro groups is 1. The Labute approximate surface area is 125 Å². The fraction of sp³-hybridized carbons (Fsp3) is 0.308. The van der Waals surface area contributed by atoms with Gasteiger partial charge in [0.05, 0.1) is 21.0 Å². The second-order valence-electron chi connectivity index (χ2n) is 4.81. The molecule has 0 bridgehead atoms. The number of benzene rings is 1. The summed E-state index contributed by atoms with van der Waals surface area (Å²) >= 11 is 7.61. The Hall–Kier alpha value is -1.50. The first-order chi connectivity index (χ1) is 9.42. The van der Waals surface area contributed by atoms with Crippen LogP contribution in [0.4, 0.5) is 5.69 Å². The van der Waals surface area contributed by atoms with Gasteiger partial charge in [0, 0.05) is 24.2 Å². The predicted octanol–water partition coefficient (Wildman–Crippen LogP) is 3.73. The van der Waals surface area contributed by atoms with Gasteiger partial charge < -0.3 is 5.32 Å². The van der Waals surface area contributed by atoms with E-state index in [0.29, 0.717) is 17.1 Å². The van der Waals surface area contributed by atoms with Crippen molar-refractivity contribution in [2.24, 2.45) is 0 Å². The second kappa shape index (κ2) is 5.87. The molecule has 0 aliphatic heterocycles. The van der Waals surface area contributed by atoms with E-state index < -0.39 is 4.92 Å². The molecular weight excluding hydrogens is 298 g/mol. The van der Waals surface area contributed by atoms with Crippen molar-refractivity contribution >= 4 is 28.6 Å². The Morgan fingerprint density at radius 1 is 1.50 bits per heavy atom. The number of nitrogens with one attached hydrogen (secondary N) is 1. The molecule has 0 spiro atoms. The maximum atomic E-state index is 11.0. The summed E-state index contributed by atoms with van der Waals surface area (Å²) < 4.78 is 0. The van der Waals surface area contributed by atoms with Gasteiger partial charge in [-0.15, -0.1) is 11.3 Å². The summed E-state index contributed by atoms with van der Waals surface area (Å²) in [5, 5.41) is 17.5. The van der Waals surface area contributed by atoms with Crippen LogP contribution in [0.2, 0.25) is 5.02 Å². The van der Waals surface area contributed by atoms with Gasteiger partial charge in [0.2, 0.25) is 0 Å². The lowest BCUT2D eigenvalue weighted by Crippen LogP contribution is -2.36. The average molecular weight is 312 g/mol. The second-order valence-corrected chi connectivity index (χ2v) is 6.11. The Morgan fingerprint density at radius 3 is 2.85 bits per heavy atom. The molecule has 0 aliphatic carbocycles. The lowest BCUT2D eigenvalue weighted by Gasteiger charge is -2.24. The molecule has 20 heavy (non-hydrogen) atoms. The maximum absolute atomic E-state index is 11.0. The molecule has 5 nitrogen and oxygen atoms in total. The Balaban J connectivity index is 2.21. The highest BCUT2D eigenvalue weighted by Crippen LogP contribution is 2.28. The third kappa shape index (κ3) is 3.15. The van der Waals surface area contributed by atoms with E-state index in [1.54, 1.807) is 18.3 Å². The van der Waals surface area contributed by atoms with E-state index in [1.807, 2.05) is 19.2 Å². The molecule has 1 aromatic heterocycles. The normalized spacial score (nSPS) is 11.6.